The largest absolute Gasteiger partial charge is 0.507 e. The molecule has 96 valence electrons. The third-order valence-electron chi connectivity index (χ3n) is 3.28. The maximum Gasteiger partial charge on any atom is 0.122 e. The minimum atomic E-state index is -1.32. The Morgan fingerprint density at radius 1 is 0.882 bits per heavy atom. The summed E-state index contributed by atoms with van der Waals surface area (Å²) >= 11 is 0. The smallest absolute Gasteiger partial charge is 0.122 e. The van der Waals surface area contributed by atoms with Crippen LogP contribution in [0.2, 0.25) is 19.6 Å². The van der Waals surface area contributed by atoms with Crippen molar-refractivity contribution < 1.29 is 5.11 Å². The summed E-state index contributed by atoms with van der Waals surface area (Å²) in [6.45, 7) is 15.6. The quantitative estimate of drug-likeness (QED) is 0.798. The fourth-order valence-corrected chi connectivity index (χ4v) is 3.17. The monoisotopic (exact) mass is 250 g/mol. The van der Waals surface area contributed by atoms with E-state index in [4.69, 9.17) is 0 Å². The first-order valence-corrected chi connectivity index (χ1v) is 10.0. The predicted molar refractivity (Wildman–Crippen MR) is 79.3 cm³/mol. The Labute approximate surface area is 107 Å². The lowest BCUT2D eigenvalue weighted by Gasteiger charge is -2.23. The van der Waals surface area contributed by atoms with Crippen molar-refractivity contribution in [3.05, 3.63) is 23.3 Å². The molecular weight excluding hydrogens is 224 g/mol. The highest BCUT2D eigenvalue weighted by Crippen LogP contribution is 2.33. The Hall–Kier alpha value is -0.763. The van der Waals surface area contributed by atoms with Crippen molar-refractivity contribution in [2.24, 2.45) is 0 Å². The lowest BCUT2D eigenvalue weighted by Crippen LogP contribution is -2.38. The van der Waals surface area contributed by atoms with Crippen LogP contribution in [-0.2, 0) is 0 Å². The van der Waals surface area contributed by atoms with Crippen molar-refractivity contribution in [1.82, 2.24) is 0 Å². The molecule has 1 N–H and O–H groups in total. The summed E-state index contributed by atoms with van der Waals surface area (Å²) in [7, 11) is -1.32. The van der Waals surface area contributed by atoms with Gasteiger partial charge in [0.2, 0.25) is 0 Å². The lowest BCUT2D eigenvalue weighted by atomic mass is 9.94. The fourth-order valence-electron chi connectivity index (χ4n) is 1.99. The first-order chi connectivity index (χ1) is 7.64. The second-order valence-corrected chi connectivity index (χ2v) is 11.6. The van der Waals surface area contributed by atoms with Gasteiger partial charge in [0.25, 0.3) is 0 Å². The van der Waals surface area contributed by atoms with E-state index in [-0.39, 0.29) is 0 Å². The minimum absolute atomic E-state index is 0.379. The first-order valence-electron chi connectivity index (χ1n) is 6.52. The minimum Gasteiger partial charge on any atom is -0.507 e. The molecule has 2 heteroatoms. The molecule has 0 aliphatic rings. The third-order valence-corrected chi connectivity index (χ3v) is 5.30. The molecule has 0 heterocycles. The molecule has 0 amide bonds. The van der Waals surface area contributed by atoms with Crippen LogP contribution in [0.5, 0.6) is 5.75 Å². The Bertz CT molecular complexity index is 371. The number of hydrogen-bond acceptors (Lipinski definition) is 1. The van der Waals surface area contributed by atoms with E-state index in [9.17, 15) is 5.11 Å². The van der Waals surface area contributed by atoms with Crippen molar-refractivity contribution in [2.75, 3.05) is 0 Å². The van der Waals surface area contributed by atoms with Crippen molar-refractivity contribution in [3.63, 3.8) is 0 Å². The molecule has 0 bridgehead atoms. The van der Waals surface area contributed by atoms with Gasteiger partial charge < -0.3 is 5.11 Å². The van der Waals surface area contributed by atoms with Crippen LogP contribution >= 0.6 is 0 Å². The molecular formula is C15H26OSi. The number of aromatic hydroxyl groups is 1. The summed E-state index contributed by atoms with van der Waals surface area (Å²) in [4.78, 5) is 0. The highest BCUT2D eigenvalue weighted by Gasteiger charge is 2.22. The van der Waals surface area contributed by atoms with Crippen LogP contribution in [0.15, 0.2) is 12.1 Å². The van der Waals surface area contributed by atoms with Crippen molar-refractivity contribution in [3.8, 4) is 5.75 Å². The Kier molecular flexibility index (Phi) is 4.08. The second-order valence-electron chi connectivity index (χ2n) is 6.56. The summed E-state index contributed by atoms with van der Waals surface area (Å²) in [6.07, 6.45) is 0. The number of rotatable bonds is 3. The van der Waals surface area contributed by atoms with Gasteiger partial charge in [0.15, 0.2) is 0 Å². The summed E-state index contributed by atoms with van der Waals surface area (Å²) < 4.78 is 0. The van der Waals surface area contributed by atoms with E-state index in [1.807, 2.05) is 0 Å². The van der Waals surface area contributed by atoms with E-state index in [0.717, 1.165) is 11.1 Å². The third kappa shape index (κ3) is 3.12. The SMILES string of the molecule is CC(C)c1cc([Si](C)(C)C)cc(C(C)C)c1O. The second kappa shape index (κ2) is 4.85. The number of hydrogen-bond donors (Lipinski definition) is 1. The summed E-state index contributed by atoms with van der Waals surface area (Å²) in [5.41, 5.74) is 2.21. The van der Waals surface area contributed by atoms with Gasteiger partial charge in [-0.3, -0.25) is 0 Å². The summed E-state index contributed by atoms with van der Waals surface area (Å²) in [5.74, 6) is 1.27. The molecule has 0 saturated carbocycles. The molecule has 1 aromatic rings. The van der Waals surface area contributed by atoms with Gasteiger partial charge in [-0.25, -0.2) is 0 Å². The topological polar surface area (TPSA) is 20.2 Å². The van der Waals surface area contributed by atoms with Gasteiger partial charge in [0, 0.05) is 0 Å². The molecule has 0 spiro atoms. The number of phenols is 1. The highest BCUT2D eigenvalue weighted by molar-refractivity contribution is 6.88. The van der Waals surface area contributed by atoms with Gasteiger partial charge in [0.05, 0.1) is 8.07 Å². The molecule has 0 atom stereocenters. The normalized spacial score (nSPS) is 12.5. The van der Waals surface area contributed by atoms with E-state index < -0.39 is 8.07 Å². The Morgan fingerprint density at radius 2 is 1.24 bits per heavy atom. The molecule has 0 aliphatic heterocycles. The molecule has 1 aromatic carbocycles. The zero-order chi connectivity index (χ0) is 13.4. The summed E-state index contributed by atoms with van der Waals surface area (Å²) in [5, 5.41) is 11.8. The molecule has 0 radical (unpaired) electrons. The molecule has 0 fully saturated rings. The van der Waals surface area contributed by atoms with Crippen LogP contribution in [0.4, 0.5) is 0 Å². The molecule has 0 saturated heterocycles. The highest BCUT2D eigenvalue weighted by atomic mass is 28.3. The molecule has 17 heavy (non-hydrogen) atoms. The molecule has 1 nitrogen and oxygen atoms in total. The van der Waals surface area contributed by atoms with Crippen LogP contribution in [-0.4, -0.2) is 13.2 Å². The number of phenolic OH excluding ortho intramolecular Hbond substituents is 1. The summed E-state index contributed by atoms with van der Waals surface area (Å²) in [6, 6.07) is 4.44. The standard InChI is InChI=1S/C15H26OSi/c1-10(2)13-8-12(17(5,6)7)9-14(11(3)4)15(13)16/h8-11,16H,1-7H3. The van der Waals surface area contributed by atoms with Crippen LogP contribution < -0.4 is 5.19 Å². The van der Waals surface area contributed by atoms with Gasteiger partial charge >= 0.3 is 0 Å². The molecule has 0 aliphatic carbocycles. The average Bonchev–Trinajstić information content (AvgIpc) is 2.14. The van der Waals surface area contributed by atoms with Crippen molar-refractivity contribution in [2.45, 2.75) is 59.2 Å². The first kappa shape index (κ1) is 14.3. The van der Waals surface area contributed by atoms with Crippen molar-refractivity contribution >= 4 is 13.3 Å². The maximum absolute atomic E-state index is 10.3. The Balaban J connectivity index is 3.48. The van der Waals surface area contributed by atoms with Gasteiger partial charge in [-0.2, -0.15) is 0 Å². The van der Waals surface area contributed by atoms with Gasteiger partial charge in [-0.1, -0.05) is 64.7 Å². The van der Waals surface area contributed by atoms with Crippen LogP contribution in [0.3, 0.4) is 0 Å². The Morgan fingerprint density at radius 3 is 1.47 bits per heavy atom. The molecule has 0 unspecified atom stereocenters. The average molecular weight is 250 g/mol. The molecule has 0 aromatic heterocycles. The van der Waals surface area contributed by atoms with E-state index in [0.29, 0.717) is 17.6 Å². The van der Waals surface area contributed by atoms with Crippen molar-refractivity contribution in [1.29, 1.82) is 0 Å². The number of benzene rings is 1. The van der Waals surface area contributed by atoms with E-state index in [1.165, 1.54) is 5.19 Å². The van der Waals surface area contributed by atoms with Crippen LogP contribution in [0, 0.1) is 0 Å². The van der Waals surface area contributed by atoms with Crippen LogP contribution in [0.25, 0.3) is 0 Å². The maximum atomic E-state index is 10.3. The lowest BCUT2D eigenvalue weighted by molar-refractivity contribution is 0.455. The van der Waals surface area contributed by atoms with Gasteiger partial charge in [-0.15, -0.1) is 0 Å². The van der Waals surface area contributed by atoms with E-state index >= 15 is 0 Å². The molecule has 1 rings (SSSR count). The van der Waals surface area contributed by atoms with E-state index in [1.54, 1.807) is 0 Å². The van der Waals surface area contributed by atoms with Gasteiger partial charge in [0.1, 0.15) is 5.75 Å². The van der Waals surface area contributed by atoms with E-state index in [2.05, 4.69) is 59.5 Å². The zero-order valence-electron chi connectivity index (χ0n) is 12.3. The fraction of sp³-hybridized carbons (Fsp3) is 0.600. The zero-order valence-corrected chi connectivity index (χ0v) is 13.3. The predicted octanol–water partition coefficient (Wildman–Crippen LogP) is 4.18. The van der Waals surface area contributed by atoms with Crippen LogP contribution in [0.1, 0.15) is 50.7 Å². The van der Waals surface area contributed by atoms with Gasteiger partial charge in [-0.05, 0) is 23.0 Å².